The van der Waals surface area contributed by atoms with Crippen molar-refractivity contribution in [2.75, 3.05) is 13.2 Å². The van der Waals surface area contributed by atoms with Crippen LogP contribution in [0.3, 0.4) is 0 Å². The first-order chi connectivity index (χ1) is 5.52. The van der Waals surface area contributed by atoms with Crippen LogP contribution in [0.25, 0.3) is 0 Å². The molecule has 0 spiro atoms. The average Bonchev–Trinajstić information content (AvgIpc) is 1.96. The summed E-state index contributed by atoms with van der Waals surface area (Å²) in [5.41, 5.74) is 0. The Balaban J connectivity index is 3.34. The Kier molecular flexibility index (Phi) is 5.72. The molecular weight excluding hydrogens is 154 g/mol. The Hall–Kier alpha value is -0.570. The fourth-order valence-electron chi connectivity index (χ4n) is 0.611. The highest BCUT2D eigenvalue weighted by molar-refractivity contribution is 5.77. The predicted octanol–water partition coefficient (Wildman–Crippen LogP) is 1.18. The van der Waals surface area contributed by atoms with Crippen LogP contribution in [0.1, 0.15) is 27.7 Å². The van der Waals surface area contributed by atoms with Crippen molar-refractivity contribution in [3.8, 4) is 0 Å². The molecule has 12 heavy (non-hydrogen) atoms. The molecule has 3 heteroatoms. The zero-order chi connectivity index (χ0) is 9.56. The molecule has 0 fully saturated rings. The molecule has 0 aliphatic heterocycles. The highest BCUT2D eigenvalue weighted by atomic mass is 16.5. The Labute approximate surface area is 74.5 Å². The lowest BCUT2D eigenvalue weighted by molar-refractivity contribution is -0.127. The zero-order valence-electron chi connectivity index (χ0n) is 8.39. The monoisotopic (exact) mass is 173 g/mol. The summed E-state index contributed by atoms with van der Waals surface area (Å²) in [6.45, 7) is 8.84. The number of carbonyl (C=O) groups excluding carboxylic acids is 1. The van der Waals surface area contributed by atoms with Crippen LogP contribution in [0.4, 0.5) is 0 Å². The third-order valence-corrected chi connectivity index (χ3v) is 1.26. The van der Waals surface area contributed by atoms with Gasteiger partial charge in [-0.25, -0.2) is 0 Å². The molecule has 72 valence electrons. The van der Waals surface area contributed by atoms with Gasteiger partial charge in [0.2, 0.25) is 5.91 Å². The standard InChI is InChI=1S/C9H19NO2/c1-7(2)5-10-9(11)6-12-8(3)4/h7-8H,5-6H2,1-4H3,(H,10,11). The van der Waals surface area contributed by atoms with E-state index in [4.69, 9.17) is 4.74 Å². The van der Waals surface area contributed by atoms with Crippen molar-refractivity contribution in [3.05, 3.63) is 0 Å². The quantitative estimate of drug-likeness (QED) is 0.678. The van der Waals surface area contributed by atoms with Crippen molar-refractivity contribution < 1.29 is 9.53 Å². The molecule has 3 nitrogen and oxygen atoms in total. The van der Waals surface area contributed by atoms with Gasteiger partial charge in [0.25, 0.3) is 0 Å². The number of rotatable bonds is 5. The summed E-state index contributed by atoms with van der Waals surface area (Å²) in [4.78, 5) is 11.0. The number of hydrogen-bond acceptors (Lipinski definition) is 2. The second kappa shape index (κ2) is 6.00. The minimum Gasteiger partial charge on any atom is -0.369 e. The van der Waals surface area contributed by atoms with Gasteiger partial charge in [0, 0.05) is 6.54 Å². The molecule has 0 bridgehead atoms. The molecular formula is C9H19NO2. The highest BCUT2D eigenvalue weighted by Gasteiger charge is 2.02. The van der Waals surface area contributed by atoms with Crippen LogP contribution < -0.4 is 5.32 Å². The van der Waals surface area contributed by atoms with E-state index in [2.05, 4.69) is 19.2 Å². The summed E-state index contributed by atoms with van der Waals surface area (Å²) in [7, 11) is 0. The second-order valence-corrected chi connectivity index (χ2v) is 3.56. The van der Waals surface area contributed by atoms with E-state index in [-0.39, 0.29) is 18.6 Å². The largest absolute Gasteiger partial charge is 0.369 e. The van der Waals surface area contributed by atoms with Crippen LogP contribution in [0.2, 0.25) is 0 Å². The van der Waals surface area contributed by atoms with Gasteiger partial charge < -0.3 is 10.1 Å². The fraction of sp³-hybridized carbons (Fsp3) is 0.889. The lowest BCUT2D eigenvalue weighted by Crippen LogP contribution is -2.31. The smallest absolute Gasteiger partial charge is 0.246 e. The van der Waals surface area contributed by atoms with Crippen molar-refractivity contribution in [2.45, 2.75) is 33.8 Å². The van der Waals surface area contributed by atoms with Crippen LogP contribution in [0.5, 0.6) is 0 Å². The van der Waals surface area contributed by atoms with Gasteiger partial charge in [0.15, 0.2) is 0 Å². The Morgan fingerprint density at radius 2 is 1.92 bits per heavy atom. The van der Waals surface area contributed by atoms with Crippen LogP contribution in [-0.2, 0) is 9.53 Å². The van der Waals surface area contributed by atoms with Gasteiger partial charge >= 0.3 is 0 Å². The number of carbonyl (C=O) groups is 1. The number of ether oxygens (including phenoxy) is 1. The molecule has 0 rings (SSSR count). The third kappa shape index (κ3) is 7.54. The van der Waals surface area contributed by atoms with E-state index in [1.165, 1.54) is 0 Å². The Bertz CT molecular complexity index is 118. The van der Waals surface area contributed by atoms with Gasteiger partial charge in [0.1, 0.15) is 6.61 Å². The maximum absolute atomic E-state index is 11.0. The molecule has 1 amide bonds. The van der Waals surface area contributed by atoms with Crippen LogP contribution >= 0.6 is 0 Å². The molecule has 0 heterocycles. The lowest BCUT2D eigenvalue weighted by Gasteiger charge is -2.09. The minimum absolute atomic E-state index is 0.0302. The first-order valence-corrected chi connectivity index (χ1v) is 4.40. The van der Waals surface area contributed by atoms with Crippen molar-refractivity contribution in [2.24, 2.45) is 5.92 Å². The summed E-state index contributed by atoms with van der Waals surface area (Å²) < 4.78 is 5.12. The average molecular weight is 173 g/mol. The Morgan fingerprint density at radius 3 is 2.33 bits per heavy atom. The van der Waals surface area contributed by atoms with Gasteiger partial charge in [-0.3, -0.25) is 4.79 Å². The minimum atomic E-state index is -0.0302. The van der Waals surface area contributed by atoms with Gasteiger partial charge in [-0.2, -0.15) is 0 Å². The molecule has 0 atom stereocenters. The molecule has 0 aliphatic carbocycles. The predicted molar refractivity (Wildman–Crippen MR) is 48.9 cm³/mol. The molecule has 0 saturated heterocycles. The van der Waals surface area contributed by atoms with Crippen LogP contribution in [0.15, 0.2) is 0 Å². The third-order valence-electron chi connectivity index (χ3n) is 1.26. The molecule has 0 unspecified atom stereocenters. The SMILES string of the molecule is CC(C)CNC(=O)COC(C)C. The summed E-state index contributed by atoms with van der Waals surface area (Å²) in [5.74, 6) is 0.463. The van der Waals surface area contributed by atoms with Crippen molar-refractivity contribution in [1.29, 1.82) is 0 Å². The molecule has 0 radical (unpaired) electrons. The van der Waals surface area contributed by atoms with E-state index >= 15 is 0 Å². The molecule has 0 saturated carbocycles. The van der Waals surface area contributed by atoms with E-state index in [0.717, 1.165) is 6.54 Å². The van der Waals surface area contributed by atoms with E-state index in [0.29, 0.717) is 5.92 Å². The van der Waals surface area contributed by atoms with Crippen molar-refractivity contribution >= 4 is 5.91 Å². The maximum Gasteiger partial charge on any atom is 0.246 e. The molecule has 0 aromatic carbocycles. The summed E-state index contributed by atoms with van der Waals surface area (Å²) in [6, 6.07) is 0. The number of hydrogen-bond donors (Lipinski definition) is 1. The number of amides is 1. The first kappa shape index (κ1) is 11.4. The molecule has 0 aliphatic rings. The van der Waals surface area contributed by atoms with Gasteiger partial charge in [0.05, 0.1) is 6.10 Å². The summed E-state index contributed by atoms with van der Waals surface area (Å²) >= 11 is 0. The summed E-state index contributed by atoms with van der Waals surface area (Å²) in [6.07, 6.45) is 0.120. The van der Waals surface area contributed by atoms with Crippen LogP contribution in [-0.4, -0.2) is 25.2 Å². The van der Waals surface area contributed by atoms with Gasteiger partial charge in [-0.05, 0) is 19.8 Å². The van der Waals surface area contributed by atoms with E-state index in [9.17, 15) is 4.79 Å². The Morgan fingerprint density at radius 1 is 1.33 bits per heavy atom. The molecule has 0 aromatic rings. The zero-order valence-corrected chi connectivity index (χ0v) is 8.39. The van der Waals surface area contributed by atoms with Crippen LogP contribution in [0, 0.1) is 5.92 Å². The maximum atomic E-state index is 11.0. The topological polar surface area (TPSA) is 38.3 Å². The van der Waals surface area contributed by atoms with Crippen molar-refractivity contribution in [3.63, 3.8) is 0 Å². The molecule has 0 aromatic heterocycles. The normalized spacial score (nSPS) is 10.8. The molecule has 1 N–H and O–H groups in total. The van der Waals surface area contributed by atoms with E-state index in [1.54, 1.807) is 0 Å². The number of nitrogens with one attached hydrogen (secondary N) is 1. The lowest BCUT2D eigenvalue weighted by atomic mass is 10.2. The van der Waals surface area contributed by atoms with Gasteiger partial charge in [-0.15, -0.1) is 0 Å². The van der Waals surface area contributed by atoms with E-state index in [1.807, 2.05) is 13.8 Å². The van der Waals surface area contributed by atoms with Crippen molar-refractivity contribution in [1.82, 2.24) is 5.32 Å². The highest BCUT2D eigenvalue weighted by Crippen LogP contribution is 1.89. The second-order valence-electron chi connectivity index (χ2n) is 3.56. The fourth-order valence-corrected chi connectivity index (χ4v) is 0.611. The first-order valence-electron chi connectivity index (χ1n) is 4.40. The van der Waals surface area contributed by atoms with E-state index < -0.39 is 0 Å². The summed E-state index contributed by atoms with van der Waals surface area (Å²) in [5, 5.41) is 2.77. The van der Waals surface area contributed by atoms with Gasteiger partial charge in [-0.1, -0.05) is 13.8 Å².